The lowest BCUT2D eigenvalue weighted by Crippen LogP contribution is -2.08. The van der Waals surface area contributed by atoms with Crippen molar-refractivity contribution >= 4 is 17.7 Å². The Bertz CT molecular complexity index is 804. The van der Waals surface area contributed by atoms with E-state index in [1.165, 1.54) is 27.4 Å². The third-order valence-corrected chi connectivity index (χ3v) is 3.62. The van der Waals surface area contributed by atoms with E-state index in [4.69, 9.17) is 18.9 Å². The van der Waals surface area contributed by atoms with Gasteiger partial charge in [-0.3, -0.25) is 4.79 Å². The van der Waals surface area contributed by atoms with Crippen molar-refractivity contribution in [2.75, 3.05) is 33.3 Å². The van der Waals surface area contributed by atoms with Crippen LogP contribution in [0.25, 0.3) is 6.08 Å². The van der Waals surface area contributed by atoms with E-state index in [0.29, 0.717) is 35.3 Å². The summed E-state index contributed by atoms with van der Waals surface area (Å²) in [6, 6.07) is 10.8. The fraction of sp³-hybridized carbons (Fsp3) is 0.190. The monoisotopic (exact) mass is 369 g/mol. The molecular formula is C21H23NO5. The minimum absolute atomic E-state index is 0.303. The molecule has 0 unspecified atom stereocenters. The minimum atomic E-state index is -0.303. The van der Waals surface area contributed by atoms with Crippen LogP contribution in [0.3, 0.4) is 0 Å². The summed E-state index contributed by atoms with van der Waals surface area (Å²) in [4.78, 5) is 12.3. The summed E-state index contributed by atoms with van der Waals surface area (Å²) in [5.74, 6) is 1.75. The molecule has 142 valence electrons. The number of amides is 1. The van der Waals surface area contributed by atoms with Gasteiger partial charge in [0.05, 0.1) is 21.3 Å². The van der Waals surface area contributed by atoms with Crippen LogP contribution in [-0.4, -0.2) is 33.8 Å². The third-order valence-electron chi connectivity index (χ3n) is 3.62. The molecule has 0 radical (unpaired) electrons. The lowest BCUT2D eigenvalue weighted by Gasteiger charge is -2.14. The molecule has 2 rings (SSSR count). The van der Waals surface area contributed by atoms with Crippen molar-refractivity contribution < 1.29 is 23.7 Å². The van der Waals surface area contributed by atoms with Gasteiger partial charge in [-0.2, -0.15) is 0 Å². The lowest BCUT2D eigenvalue weighted by atomic mass is 10.2. The number of anilines is 1. The number of rotatable bonds is 9. The van der Waals surface area contributed by atoms with E-state index >= 15 is 0 Å². The molecule has 0 fully saturated rings. The molecule has 0 aliphatic carbocycles. The number of hydrogen-bond acceptors (Lipinski definition) is 5. The van der Waals surface area contributed by atoms with E-state index in [1.54, 1.807) is 24.3 Å². The number of hydrogen-bond donors (Lipinski definition) is 1. The van der Waals surface area contributed by atoms with Crippen molar-refractivity contribution in [3.63, 3.8) is 0 Å². The summed E-state index contributed by atoms with van der Waals surface area (Å²) >= 11 is 0. The molecule has 0 aliphatic rings. The minimum Gasteiger partial charge on any atom is -0.493 e. The number of methoxy groups -OCH3 is 3. The van der Waals surface area contributed by atoms with Crippen LogP contribution in [-0.2, 0) is 4.79 Å². The number of benzene rings is 2. The van der Waals surface area contributed by atoms with Gasteiger partial charge in [0.15, 0.2) is 11.5 Å². The molecule has 1 amide bonds. The van der Waals surface area contributed by atoms with Crippen LogP contribution < -0.4 is 24.3 Å². The number of para-hydroxylation sites is 1. The zero-order valence-electron chi connectivity index (χ0n) is 15.7. The second-order valence-corrected chi connectivity index (χ2v) is 5.37. The van der Waals surface area contributed by atoms with Gasteiger partial charge in [0.25, 0.3) is 0 Å². The summed E-state index contributed by atoms with van der Waals surface area (Å²) in [5.41, 5.74) is 1.31. The Kier molecular flexibility index (Phi) is 7.31. The van der Waals surface area contributed by atoms with Crippen molar-refractivity contribution in [3.8, 4) is 23.0 Å². The molecular weight excluding hydrogens is 346 g/mol. The van der Waals surface area contributed by atoms with Crippen molar-refractivity contribution in [1.82, 2.24) is 0 Å². The van der Waals surface area contributed by atoms with Crippen molar-refractivity contribution in [2.45, 2.75) is 0 Å². The fourth-order valence-corrected chi connectivity index (χ4v) is 2.40. The Morgan fingerprint density at radius 3 is 2.30 bits per heavy atom. The predicted octanol–water partition coefficient (Wildman–Crippen LogP) is 3.93. The van der Waals surface area contributed by atoms with Crippen LogP contribution in [0.5, 0.6) is 23.0 Å². The Morgan fingerprint density at radius 1 is 1.04 bits per heavy atom. The van der Waals surface area contributed by atoms with Crippen LogP contribution in [0.2, 0.25) is 0 Å². The van der Waals surface area contributed by atoms with E-state index < -0.39 is 0 Å². The highest BCUT2D eigenvalue weighted by Gasteiger charge is 2.14. The first-order valence-electron chi connectivity index (χ1n) is 8.24. The standard InChI is InChI=1S/C21H23NO5/c1-5-12-27-17-9-7-6-8-15(17)10-11-20(23)22-16-13-18(24-2)21(26-4)19(14-16)25-3/h5-11,13-14H,1,12H2,2-4H3,(H,22,23)/b11-10+. The molecule has 27 heavy (non-hydrogen) atoms. The molecule has 0 spiro atoms. The van der Waals surface area contributed by atoms with Gasteiger partial charge in [-0.25, -0.2) is 0 Å². The Morgan fingerprint density at radius 2 is 1.70 bits per heavy atom. The Balaban J connectivity index is 2.16. The Labute approximate surface area is 159 Å². The second kappa shape index (κ2) is 9.91. The zero-order chi connectivity index (χ0) is 19.6. The molecule has 6 heteroatoms. The van der Waals surface area contributed by atoms with Crippen molar-refractivity contribution in [3.05, 3.63) is 60.7 Å². The van der Waals surface area contributed by atoms with Gasteiger partial charge in [-0.05, 0) is 12.1 Å². The molecule has 1 N–H and O–H groups in total. The smallest absolute Gasteiger partial charge is 0.248 e. The molecule has 0 heterocycles. The molecule has 6 nitrogen and oxygen atoms in total. The van der Waals surface area contributed by atoms with Gasteiger partial charge in [0.2, 0.25) is 11.7 Å². The molecule has 0 aromatic heterocycles. The van der Waals surface area contributed by atoms with Gasteiger partial charge >= 0.3 is 0 Å². The predicted molar refractivity (Wildman–Crippen MR) is 106 cm³/mol. The van der Waals surface area contributed by atoms with Crippen molar-refractivity contribution in [2.24, 2.45) is 0 Å². The van der Waals surface area contributed by atoms with Gasteiger partial charge < -0.3 is 24.3 Å². The van der Waals surface area contributed by atoms with Gasteiger partial charge in [-0.1, -0.05) is 30.9 Å². The lowest BCUT2D eigenvalue weighted by molar-refractivity contribution is -0.111. The SMILES string of the molecule is C=CCOc1ccccc1/C=C/C(=O)Nc1cc(OC)c(OC)c(OC)c1. The molecule has 0 atom stereocenters. The average molecular weight is 369 g/mol. The summed E-state index contributed by atoms with van der Waals surface area (Å²) in [6.07, 6.45) is 4.78. The molecule has 0 bridgehead atoms. The summed E-state index contributed by atoms with van der Waals surface area (Å²) < 4.78 is 21.4. The first kappa shape index (κ1) is 19.9. The maximum absolute atomic E-state index is 12.3. The number of carbonyl (C=O) groups excluding carboxylic acids is 1. The summed E-state index contributed by atoms with van der Waals surface area (Å²) in [7, 11) is 4.55. The first-order valence-corrected chi connectivity index (χ1v) is 8.24. The topological polar surface area (TPSA) is 66.0 Å². The highest BCUT2D eigenvalue weighted by Crippen LogP contribution is 2.39. The van der Waals surface area contributed by atoms with Crippen LogP contribution >= 0.6 is 0 Å². The van der Waals surface area contributed by atoms with Crippen LogP contribution in [0.4, 0.5) is 5.69 Å². The number of nitrogens with one attached hydrogen (secondary N) is 1. The normalized spacial score (nSPS) is 10.3. The maximum Gasteiger partial charge on any atom is 0.248 e. The van der Waals surface area contributed by atoms with Gasteiger partial charge in [0.1, 0.15) is 12.4 Å². The maximum atomic E-state index is 12.3. The second-order valence-electron chi connectivity index (χ2n) is 5.37. The van der Waals surface area contributed by atoms with E-state index in [0.717, 1.165) is 5.56 Å². The molecule has 0 saturated carbocycles. The number of ether oxygens (including phenoxy) is 4. The molecule has 2 aromatic rings. The largest absolute Gasteiger partial charge is 0.493 e. The molecule has 2 aromatic carbocycles. The highest BCUT2D eigenvalue weighted by atomic mass is 16.5. The fourth-order valence-electron chi connectivity index (χ4n) is 2.40. The summed E-state index contributed by atoms with van der Waals surface area (Å²) in [5, 5.41) is 2.78. The van der Waals surface area contributed by atoms with Crippen LogP contribution in [0.15, 0.2) is 55.1 Å². The van der Waals surface area contributed by atoms with E-state index in [1.807, 2.05) is 24.3 Å². The number of carbonyl (C=O) groups is 1. The van der Waals surface area contributed by atoms with Crippen molar-refractivity contribution in [1.29, 1.82) is 0 Å². The van der Waals surface area contributed by atoms with E-state index in [-0.39, 0.29) is 5.91 Å². The van der Waals surface area contributed by atoms with Crippen LogP contribution in [0, 0.1) is 0 Å². The Hall–Kier alpha value is -3.41. The van der Waals surface area contributed by atoms with E-state index in [9.17, 15) is 4.79 Å². The van der Waals surface area contributed by atoms with Gasteiger partial charge in [0, 0.05) is 29.5 Å². The third kappa shape index (κ3) is 5.28. The quantitative estimate of drug-likeness (QED) is 0.536. The first-order chi connectivity index (χ1) is 13.1. The molecule has 0 saturated heterocycles. The van der Waals surface area contributed by atoms with Gasteiger partial charge in [-0.15, -0.1) is 0 Å². The average Bonchev–Trinajstić information content (AvgIpc) is 2.70. The zero-order valence-corrected chi connectivity index (χ0v) is 15.7. The van der Waals surface area contributed by atoms with Crippen LogP contribution in [0.1, 0.15) is 5.56 Å². The van der Waals surface area contributed by atoms with E-state index in [2.05, 4.69) is 11.9 Å². The summed E-state index contributed by atoms with van der Waals surface area (Å²) in [6.45, 7) is 4.02. The highest BCUT2D eigenvalue weighted by molar-refractivity contribution is 6.02. The molecule has 0 aliphatic heterocycles.